The van der Waals surface area contributed by atoms with Gasteiger partial charge in [0.15, 0.2) is 5.11 Å². The zero-order valence-electron chi connectivity index (χ0n) is 11.5. The summed E-state index contributed by atoms with van der Waals surface area (Å²) in [5, 5.41) is 6.25. The molecule has 22 heavy (non-hydrogen) atoms. The summed E-state index contributed by atoms with van der Waals surface area (Å²) in [7, 11) is 1.54. The lowest BCUT2D eigenvalue weighted by Crippen LogP contribution is -2.34. The van der Waals surface area contributed by atoms with Gasteiger partial charge in [0.05, 0.1) is 18.4 Å². The van der Waals surface area contributed by atoms with Crippen LogP contribution in [0, 0.1) is 3.57 Å². The third-order valence-corrected chi connectivity index (χ3v) is 4.14. The minimum absolute atomic E-state index is 0.171. The highest BCUT2D eigenvalue weighted by atomic mass is 127. The van der Waals surface area contributed by atoms with Gasteiger partial charge in [0, 0.05) is 8.59 Å². The molecule has 0 atom stereocenters. The zero-order valence-corrected chi connectivity index (χ0v) is 15.3. The number of hydrogen-bond acceptors (Lipinski definition) is 3. The van der Waals surface area contributed by atoms with Crippen LogP contribution in [-0.4, -0.2) is 18.1 Å². The Morgan fingerprint density at radius 1 is 1.27 bits per heavy atom. The molecule has 2 aromatic rings. The maximum Gasteiger partial charge on any atom is 0.258 e. The standard InChI is InChI=1S/C15H12ClIN2O2S/c1-21-13-7-6-9(16)8-12(13)18-15(22)19-14(20)10-4-2-3-5-11(10)17/h2-8H,1H3,(H2,18,19,20,22). The molecule has 0 spiro atoms. The summed E-state index contributed by atoms with van der Waals surface area (Å²) in [5.41, 5.74) is 1.15. The molecule has 0 unspecified atom stereocenters. The fraction of sp³-hybridized carbons (Fsp3) is 0.0667. The van der Waals surface area contributed by atoms with E-state index >= 15 is 0 Å². The first-order chi connectivity index (χ1) is 10.5. The second kappa shape index (κ2) is 7.75. The van der Waals surface area contributed by atoms with Crippen molar-refractivity contribution in [1.82, 2.24) is 5.32 Å². The van der Waals surface area contributed by atoms with E-state index in [1.54, 1.807) is 37.4 Å². The van der Waals surface area contributed by atoms with Crippen LogP contribution in [0.15, 0.2) is 42.5 Å². The number of hydrogen-bond donors (Lipinski definition) is 2. The van der Waals surface area contributed by atoms with Crippen molar-refractivity contribution in [3.05, 3.63) is 56.6 Å². The number of nitrogens with one attached hydrogen (secondary N) is 2. The van der Waals surface area contributed by atoms with E-state index < -0.39 is 0 Å². The Morgan fingerprint density at radius 2 is 2.00 bits per heavy atom. The molecule has 0 saturated heterocycles. The number of benzene rings is 2. The number of carbonyl (C=O) groups excluding carboxylic acids is 1. The SMILES string of the molecule is COc1ccc(Cl)cc1NC(=S)NC(=O)c1ccccc1I. The van der Waals surface area contributed by atoms with Crippen molar-refractivity contribution in [2.75, 3.05) is 12.4 Å². The van der Waals surface area contributed by atoms with Crippen LogP contribution < -0.4 is 15.4 Å². The largest absolute Gasteiger partial charge is 0.495 e. The van der Waals surface area contributed by atoms with E-state index in [4.69, 9.17) is 28.6 Å². The maximum atomic E-state index is 12.2. The fourth-order valence-electron chi connectivity index (χ4n) is 1.75. The predicted molar refractivity (Wildman–Crippen MR) is 101 cm³/mol. The molecule has 1 amide bonds. The average Bonchev–Trinajstić information content (AvgIpc) is 2.47. The first kappa shape index (κ1) is 17.0. The van der Waals surface area contributed by atoms with Crippen LogP contribution in [0.5, 0.6) is 5.75 Å². The number of anilines is 1. The smallest absolute Gasteiger partial charge is 0.258 e. The van der Waals surface area contributed by atoms with Gasteiger partial charge in [-0.05, 0) is 65.1 Å². The highest BCUT2D eigenvalue weighted by Crippen LogP contribution is 2.27. The van der Waals surface area contributed by atoms with Crippen LogP contribution in [0.3, 0.4) is 0 Å². The summed E-state index contributed by atoms with van der Waals surface area (Å²) in [6.07, 6.45) is 0. The lowest BCUT2D eigenvalue weighted by Gasteiger charge is -2.13. The number of carbonyl (C=O) groups is 1. The van der Waals surface area contributed by atoms with Crippen molar-refractivity contribution in [1.29, 1.82) is 0 Å². The lowest BCUT2D eigenvalue weighted by atomic mass is 10.2. The minimum atomic E-state index is -0.275. The molecule has 7 heteroatoms. The van der Waals surface area contributed by atoms with Crippen LogP contribution in [0.25, 0.3) is 0 Å². The highest BCUT2D eigenvalue weighted by molar-refractivity contribution is 14.1. The van der Waals surface area contributed by atoms with Crippen molar-refractivity contribution in [3.8, 4) is 5.75 Å². The zero-order chi connectivity index (χ0) is 16.1. The van der Waals surface area contributed by atoms with Gasteiger partial charge in [-0.15, -0.1) is 0 Å². The van der Waals surface area contributed by atoms with Crippen LogP contribution in [0.2, 0.25) is 5.02 Å². The van der Waals surface area contributed by atoms with E-state index in [1.807, 2.05) is 12.1 Å². The Balaban J connectivity index is 2.09. The molecule has 0 aliphatic rings. The molecule has 0 heterocycles. The lowest BCUT2D eigenvalue weighted by molar-refractivity contribution is 0.0977. The van der Waals surface area contributed by atoms with Crippen LogP contribution in [-0.2, 0) is 0 Å². The quantitative estimate of drug-likeness (QED) is 0.551. The van der Waals surface area contributed by atoms with E-state index in [2.05, 4.69) is 33.2 Å². The van der Waals surface area contributed by atoms with Crippen molar-refractivity contribution in [2.24, 2.45) is 0 Å². The van der Waals surface area contributed by atoms with Crippen molar-refractivity contribution in [2.45, 2.75) is 0 Å². The second-order valence-electron chi connectivity index (χ2n) is 4.23. The number of methoxy groups -OCH3 is 1. The number of rotatable bonds is 3. The molecular formula is C15H12ClIN2O2S. The number of ether oxygens (including phenoxy) is 1. The average molecular weight is 447 g/mol. The fourth-order valence-corrected chi connectivity index (χ4v) is 2.75. The van der Waals surface area contributed by atoms with Gasteiger partial charge < -0.3 is 10.1 Å². The maximum absolute atomic E-state index is 12.2. The number of thiocarbonyl (C=S) groups is 1. The molecule has 0 radical (unpaired) electrons. The van der Waals surface area contributed by atoms with E-state index in [0.717, 1.165) is 3.57 Å². The Morgan fingerprint density at radius 3 is 2.68 bits per heavy atom. The van der Waals surface area contributed by atoms with E-state index in [-0.39, 0.29) is 11.0 Å². The van der Waals surface area contributed by atoms with Crippen LogP contribution in [0.1, 0.15) is 10.4 Å². The molecule has 0 aliphatic heterocycles. The predicted octanol–water partition coefficient (Wildman–Crippen LogP) is 4.08. The molecule has 0 saturated carbocycles. The van der Waals surface area contributed by atoms with Crippen LogP contribution >= 0.6 is 46.4 Å². The molecular weight excluding hydrogens is 435 g/mol. The molecule has 114 valence electrons. The third kappa shape index (κ3) is 4.31. The van der Waals surface area contributed by atoms with E-state index in [1.165, 1.54) is 0 Å². The summed E-state index contributed by atoms with van der Waals surface area (Å²) < 4.78 is 6.06. The van der Waals surface area contributed by atoms with Crippen LogP contribution in [0.4, 0.5) is 5.69 Å². The summed E-state index contributed by atoms with van der Waals surface area (Å²) in [4.78, 5) is 12.2. The highest BCUT2D eigenvalue weighted by Gasteiger charge is 2.12. The van der Waals surface area contributed by atoms with E-state index in [9.17, 15) is 4.79 Å². The van der Waals surface area contributed by atoms with Crippen molar-refractivity contribution >= 4 is 63.1 Å². The first-order valence-electron chi connectivity index (χ1n) is 6.21. The van der Waals surface area contributed by atoms with Gasteiger partial charge in [-0.3, -0.25) is 10.1 Å². The van der Waals surface area contributed by atoms with Gasteiger partial charge in [-0.2, -0.15) is 0 Å². The second-order valence-corrected chi connectivity index (χ2v) is 6.24. The summed E-state index contributed by atoms with van der Waals surface area (Å²) in [5.74, 6) is 0.304. The molecule has 0 bridgehead atoms. The Labute approximate surface area is 152 Å². The van der Waals surface area contributed by atoms with Gasteiger partial charge in [0.2, 0.25) is 0 Å². The Kier molecular flexibility index (Phi) is 5.98. The summed E-state index contributed by atoms with van der Waals surface area (Å²) >= 11 is 13.2. The first-order valence-corrected chi connectivity index (χ1v) is 8.08. The normalized spacial score (nSPS) is 9.95. The topological polar surface area (TPSA) is 50.4 Å². The summed E-state index contributed by atoms with van der Waals surface area (Å²) in [6, 6.07) is 12.4. The Bertz CT molecular complexity index is 724. The molecule has 2 aromatic carbocycles. The molecule has 0 aromatic heterocycles. The van der Waals surface area contributed by atoms with Gasteiger partial charge in [-0.1, -0.05) is 23.7 Å². The van der Waals surface area contributed by atoms with Gasteiger partial charge in [0.1, 0.15) is 5.75 Å². The summed E-state index contributed by atoms with van der Waals surface area (Å²) in [6.45, 7) is 0. The van der Waals surface area contributed by atoms with Gasteiger partial charge in [0.25, 0.3) is 5.91 Å². The minimum Gasteiger partial charge on any atom is -0.495 e. The molecule has 0 aliphatic carbocycles. The Hall–Kier alpha value is -1.38. The van der Waals surface area contributed by atoms with Gasteiger partial charge in [-0.25, -0.2) is 0 Å². The molecule has 2 rings (SSSR count). The molecule has 2 N–H and O–H groups in total. The van der Waals surface area contributed by atoms with E-state index in [0.29, 0.717) is 22.0 Å². The monoisotopic (exact) mass is 446 g/mol. The molecule has 4 nitrogen and oxygen atoms in total. The number of amides is 1. The third-order valence-electron chi connectivity index (χ3n) is 2.76. The number of halogens is 2. The van der Waals surface area contributed by atoms with Gasteiger partial charge >= 0.3 is 0 Å². The van der Waals surface area contributed by atoms with Crippen molar-refractivity contribution in [3.63, 3.8) is 0 Å². The molecule has 0 fully saturated rings. The van der Waals surface area contributed by atoms with Crippen molar-refractivity contribution < 1.29 is 9.53 Å².